The summed E-state index contributed by atoms with van der Waals surface area (Å²) in [6.45, 7) is 3.48. The van der Waals surface area contributed by atoms with Crippen molar-refractivity contribution in [2.24, 2.45) is 0 Å². The van der Waals surface area contributed by atoms with E-state index in [0.717, 1.165) is 5.56 Å². The molecular weight excluding hydrogens is 495 g/mol. The van der Waals surface area contributed by atoms with Crippen molar-refractivity contribution < 1.29 is 33.4 Å². The maximum absolute atomic E-state index is 11.6. The summed E-state index contributed by atoms with van der Waals surface area (Å²) in [6, 6.07) is 4.93. The summed E-state index contributed by atoms with van der Waals surface area (Å²) < 4.78 is 21.4. The van der Waals surface area contributed by atoms with Crippen LogP contribution in [0.3, 0.4) is 0 Å². The molecule has 2 unspecified atom stereocenters. The van der Waals surface area contributed by atoms with E-state index in [1.54, 1.807) is 18.2 Å². The molecule has 1 aromatic carbocycles. The number of terminal acetylenes is 1. The van der Waals surface area contributed by atoms with Crippen molar-refractivity contribution in [3.8, 4) is 18.1 Å². The van der Waals surface area contributed by atoms with Gasteiger partial charge in [0.25, 0.3) is 0 Å². The first-order valence-electron chi connectivity index (χ1n) is 9.90. The van der Waals surface area contributed by atoms with Crippen molar-refractivity contribution >= 4 is 32.0 Å². The average molecular weight is 520 g/mol. The van der Waals surface area contributed by atoms with Gasteiger partial charge >= 0.3 is 13.9 Å². The molecule has 0 saturated carbocycles. The molecule has 1 fully saturated rings. The summed E-state index contributed by atoms with van der Waals surface area (Å²) >= 11 is 10.7. The Hall–Kier alpha value is -1.84. The van der Waals surface area contributed by atoms with Crippen LogP contribution >= 0.6 is 32.0 Å². The number of hydrogen-bond acceptors (Lipinski definition) is 9. The van der Waals surface area contributed by atoms with Crippen LogP contribution < -0.4 is 10.2 Å². The van der Waals surface area contributed by atoms with Crippen LogP contribution in [0.1, 0.15) is 44.0 Å². The number of fused-ring (bicyclic) bond motifs is 1. The van der Waals surface area contributed by atoms with Gasteiger partial charge in [-0.1, -0.05) is 43.6 Å². The molecule has 0 bridgehead atoms. The summed E-state index contributed by atoms with van der Waals surface area (Å²) in [5.41, 5.74) is 0.774. The quantitative estimate of drug-likeness (QED) is 0.208. The highest BCUT2D eigenvalue weighted by atomic mass is 35.5. The number of benzene rings is 1. The molecule has 2 aliphatic heterocycles. The van der Waals surface area contributed by atoms with Crippen molar-refractivity contribution in [3.63, 3.8) is 0 Å². The van der Waals surface area contributed by atoms with Gasteiger partial charge in [-0.25, -0.2) is 4.79 Å². The number of aromatic amines is 1. The van der Waals surface area contributed by atoms with E-state index in [0.29, 0.717) is 29.2 Å². The van der Waals surface area contributed by atoms with Gasteiger partial charge < -0.3 is 14.9 Å². The number of rotatable bonds is 3. The molecule has 1 aromatic heterocycles. The molecule has 0 aliphatic carbocycles. The Morgan fingerprint density at radius 3 is 2.76 bits per heavy atom. The van der Waals surface area contributed by atoms with Gasteiger partial charge in [-0.2, -0.15) is 4.89 Å². The fourth-order valence-corrected chi connectivity index (χ4v) is 4.25. The number of halogens is 1. The summed E-state index contributed by atoms with van der Waals surface area (Å²) in [4.78, 5) is 23.7. The first-order valence-corrected chi connectivity index (χ1v) is 12.2. The highest BCUT2D eigenvalue weighted by Gasteiger charge is 2.50. The molecule has 33 heavy (non-hydrogen) atoms. The lowest BCUT2D eigenvalue weighted by molar-refractivity contribution is -0.113. The zero-order valence-electron chi connectivity index (χ0n) is 17.9. The van der Waals surface area contributed by atoms with Gasteiger partial charge in [0.2, 0.25) is 0 Å². The van der Waals surface area contributed by atoms with Crippen LogP contribution in [-0.4, -0.2) is 37.7 Å². The van der Waals surface area contributed by atoms with Crippen molar-refractivity contribution in [2.75, 3.05) is 6.79 Å². The number of nitrogens with one attached hydrogen (secondary N) is 1. The van der Waals surface area contributed by atoms with Gasteiger partial charge in [-0.3, -0.25) is 14.1 Å². The Balaban J connectivity index is 0.000000218. The molecule has 4 rings (SSSR count). The van der Waals surface area contributed by atoms with Crippen LogP contribution in [-0.2, 0) is 20.4 Å². The Labute approximate surface area is 201 Å². The molecule has 3 atom stereocenters. The number of aliphatic hydroxyl groups excluding tert-OH is 2. The fourth-order valence-electron chi connectivity index (χ4n) is 2.80. The van der Waals surface area contributed by atoms with E-state index in [1.165, 1.54) is 10.8 Å². The highest BCUT2D eigenvalue weighted by Crippen LogP contribution is 2.61. The van der Waals surface area contributed by atoms with E-state index in [-0.39, 0.29) is 16.9 Å². The summed E-state index contributed by atoms with van der Waals surface area (Å²) in [5, 5.41) is 18.3. The summed E-state index contributed by atoms with van der Waals surface area (Å²) in [6.07, 6.45) is 6.48. The Bertz CT molecular complexity index is 1100. The molecule has 2 aliphatic rings. The van der Waals surface area contributed by atoms with Crippen LogP contribution in [0, 0.1) is 17.0 Å². The number of nitrogens with zero attached hydrogens (tertiary/aromatic N) is 1. The monoisotopic (exact) mass is 519 g/mol. The molecule has 4 N–H and O–H groups in total. The first kappa shape index (κ1) is 27.4. The second kappa shape index (κ2) is 12.6. The third kappa shape index (κ3) is 7.32. The van der Waals surface area contributed by atoms with E-state index in [9.17, 15) is 14.8 Å². The highest BCUT2D eigenvalue weighted by molar-refractivity contribution is 7.71. The largest absolute Gasteiger partial charge is 0.621 e. The van der Waals surface area contributed by atoms with Gasteiger partial charge in [-0.15, -0.1) is 15.5 Å². The molecule has 13 heteroatoms. The number of aromatic nitrogens is 2. The van der Waals surface area contributed by atoms with E-state index in [4.69, 9.17) is 49.1 Å². The third-order valence-electron chi connectivity index (χ3n) is 4.25. The van der Waals surface area contributed by atoms with Crippen LogP contribution in [0.5, 0.6) is 5.75 Å². The molecule has 180 valence electrons. The smallest absolute Gasteiger partial charge is 0.368 e. The Morgan fingerprint density at radius 1 is 1.42 bits per heavy atom. The van der Waals surface area contributed by atoms with E-state index < -0.39 is 27.5 Å². The topological polar surface area (TPSA) is 135 Å². The third-order valence-corrected chi connectivity index (χ3v) is 6.13. The zero-order valence-corrected chi connectivity index (χ0v) is 20.4. The Morgan fingerprint density at radius 2 is 2.15 bits per heavy atom. The van der Waals surface area contributed by atoms with Gasteiger partial charge in [0.05, 0.1) is 5.56 Å². The number of aliphatic hydroxyl groups is 2. The normalized spacial score (nSPS) is 23.1. The van der Waals surface area contributed by atoms with Crippen molar-refractivity contribution in [3.05, 3.63) is 55.7 Å². The van der Waals surface area contributed by atoms with Crippen molar-refractivity contribution in [1.82, 2.24) is 9.55 Å². The molecule has 10 nitrogen and oxygen atoms in total. The minimum absolute atomic E-state index is 0.139. The van der Waals surface area contributed by atoms with Gasteiger partial charge in [0, 0.05) is 23.2 Å². The standard InChI is InChI=1S/C10H10N2O3S.C8H9ClO5P.C2H6/c1-2-6-5-12(10(14)11-9(6)16)7-3-4-8(13)15-7;9-7-1-2-8-6(3-7)4-12-15(11,14-8)13-5-10;1-2/h1,5,7-8,13H,3-4H2,(H,11,14,16);1-3,10-11H,4-5H2;1-2H3/q;+1;/t7?,8-;;/m0../s1. The molecule has 2 aromatic rings. The lowest BCUT2D eigenvalue weighted by Crippen LogP contribution is -2.27. The van der Waals surface area contributed by atoms with Crippen LogP contribution in [0.2, 0.25) is 5.02 Å². The minimum Gasteiger partial charge on any atom is -0.368 e. The average Bonchev–Trinajstić information content (AvgIpc) is 3.22. The maximum Gasteiger partial charge on any atom is 0.621 e. The molecule has 0 radical (unpaired) electrons. The van der Waals surface area contributed by atoms with Crippen LogP contribution in [0.25, 0.3) is 0 Å². The van der Waals surface area contributed by atoms with Gasteiger partial charge in [0.1, 0.15) is 17.5 Å². The van der Waals surface area contributed by atoms with Crippen molar-refractivity contribution in [2.45, 2.75) is 45.8 Å². The summed E-state index contributed by atoms with van der Waals surface area (Å²) in [5.74, 6) is 2.84. The fraction of sp³-hybridized carbons (Fsp3) is 0.400. The number of ether oxygens (including phenoxy) is 1. The molecule has 3 heterocycles. The van der Waals surface area contributed by atoms with Gasteiger partial charge in [0.15, 0.2) is 18.8 Å². The molecule has 0 amide bonds. The SMILES string of the molecule is C#Cc1cn(C2CC[C@@H](O)O2)c(=O)[nH]c1=S.CC.OCO[P+]1(O)OCc2cc(Cl)ccc2O1. The summed E-state index contributed by atoms with van der Waals surface area (Å²) in [7, 11) is -3.40. The van der Waals surface area contributed by atoms with E-state index in [1.807, 2.05) is 13.8 Å². The maximum atomic E-state index is 11.6. The first-order chi connectivity index (χ1) is 15.7. The molecular formula is C20H25ClN2O8PS+. The second-order valence-corrected chi connectivity index (χ2v) is 8.80. The van der Waals surface area contributed by atoms with E-state index >= 15 is 0 Å². The predicted octanol–water partition coefficient (Wildman–Crippen LogP) is 3.43. The van der Waals surface area contributed by atoms with Crippen molar-refractivity contribution in [1.29, 1.82) is 0 Å². The minimum atomic E-state index is -3.40. The predicted molar refractivity (Wildman–Crippen MR) is 125 cm³/mol. The van der Waals surface area contributed by atoms with Crippen LogP contribution in [0.4, 0.5) is 0 Å². The lowest BCUT2D eigenvalue weighted by atomic mass is 10.2. The molecule has 0 spiro atoms. The van der Waals surface area contributed by atoms with E-state index in [2.05, 4.69) is 15.4 Å². The lowest BCUT2D eigenvalue weighted by Gasteiger charge is -2.20. The zero-order chi connectivity index (χ0) is 24.6. The second-order valence-electron chi connectivity index (χ2n) is 6.32. The number of H-pyrrole nitrogens is 1. The Kier molecular flexibility index (Phi) is 10.4. The van der Waals surface area contributed by atoms with Gasteiger partial charge in [-0.05, 0) is 24.6 Å². The number of hydrogen-bond donors (Lipinski definition) is 4. The van der Waals surface area contributed by atoms with Crippen LogP contribution in [0.15, 0.2) is 29.2 Å². The molecule has 1 saturated heterocycles.